The van der Waals surface area contributed by atoms with Crippen LogP contribution in [-0.2, 0) is 27.4 Å². The summed E-state index contributed by atoms with van der Waals surface area (Å²) in [4.78, 5) is 43.9. The molecular formula is C30H37Cl2N9O8. The van der Waals surface area contributed by atoms with Crippen molar-refractivity contribution >= 4 is 29.5 Å². The molecule has 49 heavy (non-hydrogen) atoms. The molecule has 2 aromatic heterocycles. The molecule has 2 saturated heterocycles. The molecule has 0 radical (unpaired) electrons. The molecule has 3 aliphatic heterocycles. The topological polar surface area (TPSA) is 213 Å². The number of rotatable bonds is 9. The number of nitrogens with one attached hydrogen (secondary N) is 1. The van der Waals surface area contributed by atoms with Crippen LogP contribution in [0.5, 0.6) is 0 Å². The molecule has 0 bridgehead atoms. The van der Waals surface area contributed by atoms with E-state index in [1.165, 1.54) is 33.5 Å². The molecule has 0 saturated carbocycles. The molecule has 5 heterocycles. The summed E-state index contributed by atoms with van der Waals surface area (Å²) in [5, 5.41) is 43.3. The minimum absolute atomic E-state index is 0.00257. The van der Waals surface area contributed by atoms with Gasteiger partial charge in [-0.15, -0.1) is 0 Å². The van der Waals surface area contributed by atoms with Gasteiger partial charge in [-0.25, -0.2) is 9.97 Å². The highest BCUT2D eigenvalue weighted by molar-refractivity contribution is 6.29. The smallest absolute Gasteiger partial charge is 0.314 e. The van der Waals surface area contributed by atoms with Gasteiger partial charge in [0.2, 0.25) is 0 Å². The minimum atomic E-state index is -0.785. The zero-order valence-electron chi connectivity index (χ0n) is 27.0. The van der Waals surface area contributed by atoms with E-state index in [1.807, 2.05) is 21.9 Å². The fourth-order valence-electron chi connectivity index (χ4n) is 4.85. The first-order valence-corrected chi connectivity index (χ1v) is 15.3. The van der Waals surface area contributed by atoms with Crippen LogP contribution in [0.25, 0.3) is 0 Å². The molecule has 0 aromatic carbocycles. The third-order valence-electron chi connectivity index (χ3n) is 6.86. The lowest BCUT2D eigenvalue weighted by Gasteiger charge is -2.34. The van der Waals surface area contributed by atoms with Crippen molar-refractivity contribution in [2.24, 2.45) is 0 Å². The van der Waals surface area contributed by atoms with E-state index in [-0.39, 0.29) is 12.1 Å². The molecule has 3 aliphatic rings. The standard InChI is InChI=1S/C14H17ClN4O4.C10H11ClN4O2.C4H6O2.C2H3N/c1-23-10-6-12(20)18-5-4-17(14(18)13(10)19(21)22)8-9-2-3-11(15)16-7-9;11-9-2-1-8(5-13-9)6-14-4-3-12-10(14)7-15(16)17;1-6-4-2-3-5;1-2-3/h2-3,7,10,12,20H,4-6,8H2,1H3;1-2,5,7,12H,3-4,6H2;2-4H,1H3;1H3/b;10-7-;4-2+;. The summed E-state index contributed by atoms with van der Waals surface area (Å²) < 4.78 is 9.59. The number of nitriles is 1. The average molecular weight is 723 g/mol. The molecule has 2 fully saturated rings. The van der Waals surface area contributed by atoms with E-state index in [9.17, 15) is 30.1 Å². The number of nitrogens with zero attached hydrogens (tertiary/aromatic N) is 8. The Morgan fingerprint density at radius 1 is 1.06 bits per heavy atom. The van der Waals surface area contributed by atoms with Crippen LogP contribution < -0.4 is 5.32 Å². The van der Waals surface area contributed by atoms with E-state index in [0.717, 1.165) is 23.9 Å². The predicted octanol–water partition coefficient (Wildman–Crippen LogP) is 3.13. The van der Waals surface area contributed by atoms with Gasteiger partial charge in [0.15, 0.2) is 17.7 Å². The van der Waals surface area contributed by atoms with Gasteiger partial charge in [-0.3, -0.25) is 25.0 Å². The van der Waals surface area contributed by atoms with Crippen molar-refractivity contribution in [3.63, 3.8) is 0 Å². The molecule has 2 N–H and O–H groups in total. The van der Waals surface area contributed by atoms with E-state index in [4.69, 9.17) is 33.2 Å². The second-order valence-electron chi connectivity index (χ2n) is 10.1. The zero-order chi connectivity index (χ0) is 36.3. The van der Waals surface area contributed by atoms with Crippen LogP contribution in [-0.4, -0.2) is 98.6 Å². The molecule has 17 nitrogen and oxygen atoms in total. The van der Waals surface area contributed by atoms with Crippen molar-refractivity contribution in [2.45, 2.75) is 38.8 Å². The van der Waals surface area contributed by atoms with Gasteiger partial charge < -0.3 is 34.6 Å². The molecule has 2 atom stereocenters. The Balaban J connectivity index is 0.000000281. The number of nitro groups is 2. The number of carbonyl (C=O) groups is 1. The lowest BCUT2D eigenvalue weighted by molar-refractivity contribution is -0.443. The summed E-state index contributed by atoms with van der Waals surface area (Å²) in [6.07, 6.45) is 6.22. The third kappa shape index (κ3) is 12.8. The summed E-state index contributed by atoms with van der Waals surface area (Å²) >= 11 is 11.5. The summed E-state index contributed by atoms with van der Waals surface area (Å²) in [7, 11) is 2.90. The number of aromatic nitrogens is 2. The maximum Gasteiger partial charge on any atom is 0.314 e. The second-order valence-corrected chi connectivity index (χ2v) is 10.8. The van der Waals surface area contributed by atoms with E-state index < -0.39 is 22.2 Å². The Morgan fingerprint density at radius 2 is 1.65 bits per heavy atom. The van der Waals surface area contributed by atoms with Crippen molar-refractivity contribution < 1.29 is 29.2 Å². The molecule has 5 rings (SSSR count). The van der Waals surface area contributed by atoms with Gasteiger partial charge in [0.25, 0.3) is 6.20 Å². The third-order valence-corrected chi connectivity index (χ3v) is 7.30. The lowest BCUT2D eigenvalue weighted by Crippen LogP contribution is -2.44. The Bertz CT molecular complexity index is 1520. The number of allylic oxidation sites excluding steroid dienone is 1. The molecule has 0 aliphatic carbocycles. The van der Waals surface area contributed by atoms with Crippen molar-refractivity contribution in [2.75, 3.05) is 40.4 Å². The average Bonchev–Trinajstić information content (AvgIpc) is 3.69. The number of methoxy groups -OCH3 is 2. The van der Waals surface area contributed by atoms with E-state index in [0.29, 0.717) is 61.0 Å². The van der Waals surface area contributed by atoms with Crippen LogP contribution in [0.15, 0.2) is 72.5 Å². The molecule has 0 amide bonds. The van der Waals surface area contributed by atoms with Crippen LogP contribution in [0.2, 0.25) is 10.3 Å². The number of halogens is 2. The van der Waals surface area contributed by atoms with Crippen LogP contribution in [0.1, 0.15) is 24.5 Å². The molecular weight excluding hydrogens is 685 g/mol. The molecule has 19 heteroatoms. The van der Waals surface area contributed by atoms with Gasteiger partial charge in [0, 0.05) is 78.2 Å². The van der Waals surface area contributed by atoms with Gasteiger partial charge in [0.05, 0.1) is 29.3 Å². The quantitative estimate of drug-likeness (QED) is 0.0950. The number of aldehydes is 1. The molecule has 2 aromatic rings. The van der Waals surface area contributed by atoms with Crippen LogP contribution in [0, 0.1) is 31.6 Å². The minimum Gasteiger partial charge on any atom is -0.504 e. The summed E-state index contributed by atoms with van der Waals surface area (Å²) in [5.41, 5.74) is 1.85. The fraction of sp³-hybridized carbons (Fsp3) is 0.400. The maximum atomic E-state index is 11.5. The van der Waals surface area contributed by atoms with E-state index >= 15 is 0 Å². The number of carbonyl (C=O) groups excluding carboxylic acids is 1. The number of aliphatic hydroxyl groups is 1. The SMILES string of the molecule is CC#N.CO/C=C/C=O.COC1CC(O)N2CCN(Cc3ccc(Cl)nc3)C2=C1[N+](=O)[O-].O=[N+]([O-])/C=C1/NCCN1Cc1ccc(Cl)nc1. The monoisotopic (exact) mass is 721 g/mol. The Hall–Kier alpha value is -5.02. The largest absolute Gasteiger partial charge is 0.504 e. The molecule has 264 valence electrons. The zero-order valence-corrected chi connectivity index (χ0v) is 28.5. The van der Waals surface area contributed by atoms with Gasteiger partial charge in [-0.2, -0.15) is 5.26 Å². The Morgan fingerprint density at radius 3 is 2.10 bits per heavy atom. The predicted molar refractivity (Wildman–Crippen MR) is 178 cm³/mol. The highest BCUT2D eigenvalue weighted by Crippen LogP contribution is 2.34. The number of aliphatic hydroxyl groups excluding tert-OH is 1. The van der Waals surface area contributed by atoms with Crippen molar-refractivity contribution in [1.82, 2.24) is 30.0 Å². The summed E-state index contributed by atoms with van der Waals surface area (Å²) in [5.74, 6) is 0.959. The number of hydrogen-bond acceptors (Lipinski definition) is 15. The van der Waals surface area contributed by atoms with Crippen molar-refractivity contribution in [3.8, 4) is 6.07 Å². The number of ether oxygens (including phenoxy) is 2. The Labute approximate surface area is 292 Å². The maximum absolute atomic E-state index is 11.5. The fourth-order valence-corrected chi connectivity index (χ4v) is 5.07. The Kier molecular flexibility index (Phi) is 17.3. The van der Waals surface area contributed by atoms with Gasteiger partial charge in [-0.05, 0) is 23.3 Å². The number of pyridine rings is 2. The highest BCUT2D eigenvalue weighted by Gasteiger charge is 2.46. The van der Waals surface area contributed by atoms with Gasteiger partial charge >= 0.3 is 5.70 Å². The van der Waals surface area contributed by atoms with Crippen LogP contribution in [0.3, 0.4) is 0 Å². The molecule has 0 spiro atoms. The van der Waals surface area contributed by atoms with Crippen LogP contribution >= 0.6 is 23.2 Å². The lowest BCUT2D eigenvalue weighted by atomic mass is 10.1. The van der Waals surface area contributed by atoms with Crippen molar-refractivity contribution in [1.29, 1.82) is 5.26 Å². The normalized spacial score (nSPS) is 18.6. The van der Waals surface area contributed by atoms with Crippen LogP contribution in [0.4, 0.5) is 0 Å². The first-order chi connectivity index (χ1) is 23.5. The molecule has 2 unspecified atom stereocenters. The number of fused-ring (bicyclic) bond motifs is 1. The summed E-state index contributed by atoms with van der Waals surface area (Å²) in [6, 6.07) is 8.83. The number of hydrogen-bond donors (Lipinski definition) is 2. The first kappa shape index (κ1) is 40.2. The van der Waals surface area contributed by atoms with Gasteiger partial charge in [-0.1, -0.05) is 35.3 Å². The van der Waals surface area contributed by atoms with Gasteiger partial charge in [0.1, 0.15) is 22.8 Å². The van der Waals surface area contributed by atoms with Crippen molar-refractivity contribution in [3.05, 3.63) is 114 Å². The highest BCUT2D eigenvalue weighted by atomic mass is 35.5. The van der Waals surface area contributed by atoms with E-state index in [1.54, 1.807) is 35.5 Å². The van der Waals surface area contributed by atoms with E-state index in [2.05, 4.69) is 20.0 Å². The summed E-state index contributed by atoms with van der Waals surface area (Å²) in [6.45, 7) is 5.03. The second kappa shape index (κ2) is 21.1. The first-order valence-electron chi connectivity index (χ1n) is 14.6.